The monoisotopic (exact) mass is 460 g/mol. The molecule has 3 aromatic carbocycles. The molecule has 0 unspecified atom stereocenters. The van der Waals surface area contributed by atoms with E-state index in [9.17, 15) is 15.0 Å². The van der Waals surface area contributed by atoms with Gasteiger partial charge < -0.3 is 10.2 Å². The van der Waals surface area contributed by atoms with Gasteiger partial charge in [0.1, 0.15) is 0 Å². The smallest absolute Gasteiger partial charge is 0.459 e. The lowest BCUT2D eigenvalue weighted by Crippen LogP contribution is -2.49. The van der Waals surface area contributed by atoms with Crippen LogP contribution in [0.15, 0.2) is 66.7 Å². The SMILES string of the molecule is O=C(C[n+]1c(O)[n+](-c2ccc(Cl)c(Cl)c2)c(O)c2ccccc21)c1ccc(Cl)cc1. The maximum atomic E-state index is 12.9. The van der Waals surface area contributed by atoms with Crippen molar-refractivity contribution in [3.63, 3.8) is 0 Å². The topological polar surface area (TPSA) is 65.3 Å². The van der Waals surface area contributed by atoms with Crippen LogP contribution >= 0.6 is 34.8 Å². The highest BCUT2D eigenvalue weighted by atomic mass is 35.5. The summed E-state index contributed by atoms with van der Waals surface area (Å²) in [6, 6.07) is 17.8. The molecule has 4 aromatic rings. The molecule has 0 amide bonds. The molecule has 0 spiro atoms. The Bertz CT molecular complexity index is 1290. The van der Waals surface area contributed by atoms with Crippen LogP contribution in [-0.4, -0.2) is 16.0 Å². The van der Waals surface area contributed by atoms with Crippen LogP contribution in [0.3, 0.4) is 0 Å². The first-order valence-corrected chi connectivity index (χ1v) is 10.0. The van der Waals surface area contributed by atoms with Crippen molar-refractivity contribution in [1.82, 2.24) is 0 Å². The molecule has 0 fully saturated rings. The highest BCUT2D eigenvalue weighted by molar-refractivity contribution is 6.42. The van der Waals surface area contributed by atoms with Gasteiger partial charge in [-0.1, -0.05) is 51.5 Å². The van der Waals surface area contributed by atoms with Crippen LogP contribution < -0.4 is 9.13 Å². The Morgan fingerprint density at radius 2 is 1.57 bits per heavy atom. The van der Waals surface area contributed by atoms with Crippen molar-refractivity contribution < 1.29 is 24.1 Å². The summed E-state index contributed by atoms with van der Waals surface area (Å²) in [6.45, 7) is -0.157. The number of aromatic hydroxyl groups is 2. The van der Waals surface area contributed by atoms with Crippen molar-refractivity contribution in [2.24, 2.45) is 0 Å². The van der Waals surface area contributed by atoms with Crippen molar-refractivity contribution in [3.8, 4) is 17.6 Å². The highest BCUT2D eigenvalue weighted by Crippen LogP contribution is 2.27. The van der Waals surface area contributed by atoms with Gasteiger partial charge in [-0.3, -0.25) is 4.79 Å². The quantitative estimate of drug-likeness (QED) is 0.343. The third kappa shape index (κ3) is 3.67. The van der Waals surface area contributed by atoms with Gasteiger partial charge in [-0.05, 0) is 41.0 Å². The molecule has 0 aliphatic rings. The Hall–Kier alpha value is -2.86. The molecular formula is C22H15Cl3N2O3+2. The Morgan fingerprint density at radius 1 is 0.867 bits per heavy atom. The number of nitrogens with zero attached hydrogens (tertiary/aromatic N) is 2. The summed E-state index contributed by atoms with van der Waals surface area (Å²) >= 11 is 18.0. The number of aromatic nitrogens is 2. The summed E-state index contributed by atoms with van der Waals surface area (Å²) in [4.78, 5) is 12.9. The first-order chi connectivity index (χ1) is 14.4. The van der Waals surface area contributed by atoms with E-state index in [-0.39, 0.29) is 29.2 Å². The van der Waals surface area contributed by atoms with Gasteiger partial charge in [-0.2, -0.15) is 0 Å². The van der Waals surface area contributed by atoms with Gasteiger partial charge in [0.2, 0.25) is 23.5 Å². The maximum Gasteiger partial charge on any atom is 0.638 e. The molecule has 0 atom stereocenters. The number of Topliss-reactive ketones (excluding diaryl/α,β-unsaturated/α-hetero) is 1. The lowest BCUT2D eigenvalue weighted by Gasteiger charge is -2.05. The van der Waals surface area contributed by atoms with Crippen molar-refractivity contribution in [3.05, 3.63) is 87.4 Å². The normalized spacial score (nSPS) is 11.0. The molecule has 5 nitrogen and oxygen atoms in total. The van der Waals surface area contributed by atoms with Crippen LogP contribution in [0, 0.1) is 0 Å². The minimum Gasteiger partial charge on any atom is -0.459 e. The van der Waals surface area contributed by atoms with Crippen molar-refractivity contribution in [2.75, 3.05) is 0 Å². The Kier molecular flexibility index (Phi) is 5.52. The van der Waals surface area contributed by atoms with Gasteiger partial charge >= 0.3 is 11.9 Å². The van der Waals surface area contributed by atoms with Crippen LogP contribution in [0.2, 0.25) is 15.1 Å². The third-order valence-corrected chi connectivity index (χ3v) is 5.71. The number of para-hydroxylation sites is 1. The minimum atomic E-state index is -0.341. The van der Waals surface area contributed by atoms with Gasteiger partial charge in [-0.15, -0.1) is 0 Å². The number of hydrogen-bond donors (Lipinski definition) is 2. The molecule has 8 heteroatoms. The molecule has 0 aliphatic carbocycles. The van der Waals surface area contributed by atoms with Crippen molar-refractivity contribution in [1.29, 1.82) is 0 Å². The molecule has 0 radical (unpaired) electrons. The number of carbonyl (C=O) groups is 1. The molecule has 0 saturated heterocycles. The summed E-state index contributed by atoms with van der Waals surface area (Å²) in [7, 11) is 0. The van der Waals surface area contributed by atoms with Crippen molar-refractivity contribution in [2.45, 2.75) is 6.54 Å². The molecule has 0 saturated carbocycles. The van der Waals surface area contributed by atoms with Gasteiger partial charge in [0.15, 0.2) is 5.39 Å². The fourth-order valence-corrected chi connectivity index (χ4v) is 3.65. The molecule has 1 aromatic heterocycles. The largest absolute Gasteiger partial charge is 0.638 e. The maximum absolute atomic E-state index is 12.9. The Morgan fingerprint density at radius 3 is 2.27 bits per heavy atom. The van der Waals surface area contributed by atoms with Crippen molar-refractivity contribution >= 4 is 51.5 Å². The summed E-state index contributed by atoms with van der Waals surface area (Å²) in [5.41, 5.74) is 1.33. The number of fused-ring (bicyclic) bond motifs is 1. The minimum absolute atomic E-state index is 0.157. The zero-order valence-electron chi connectivity index (χ0n) is 15.4. The fourth-order valence-electron chi connectivity index (χ4n) is 3.23. The van der Waals surface area contributed by atoms with E-state index in [0.717, 1.165) is 0 Å². The van der Waals surface area contributed by atoms with Crippen LogP contribution in [0.5, 0.6) is 11.9 Å². The van der Waals surface area contributed by atoms with E-state index in [1.165, 1.54) is 15.2 Å². The van der Waals surface area contributed by atoms with Crippen LogP contribution in [0.25, 0.3) is 16.6 Å². The predicted molar refractivity (Wildman–Crippen MR) is 115 cm³/mol. The molecule has 1 heterocycles. The molecular weight excluding hydrogens is 447 g/mol. The molecule has 150 valence electrons. The summed E-state index contributed by atoms with van der Waals surface area (Å²) in [6.07, 6.45) is 0. The molecule has 0 aliphatic heterocycles. The van der Waals surface area contributed by atoms with E-state index in [1.807, 2.05) is 0 Å². The molecule has 0 bridgehead atoms. The standard InChI is InChI=1S/C22H13Cl3N2O3/c23-14-7-5-13(6-8-14)20(28)12-26-19-4-2-1-3-16(19)21(29)27(22(26)30)15-9-10-17(24)18(25)11-15/h1-11H,12H2/p+2. The predicted octanol–water partition coefficient (Wildman–Crippen LogP) is 4.66. The van der Waals surface area contributed by atoms with Gasteiger partial charge in [0, 0.05) is 28.8 Å². The van der Waals surface area contributed by atoms with E-state index in [1.54, 1.807) is 60.7 Å². The third-order valence-electron chi connectivity index (χ3n) is 4.72. The van der Waals surface area contributed by atoms with E-state index < -0.39 is 0 Å². The Balaban J connectivity index is 1.91. The number of carbonyl (C=O) groups excluding carboxylic acids is 1. The zero-order chi connectivity index (χ0) is 21.4. The van der Waals surface area contributed by atoms with Crippen LogP contribution in [-0.2, 0) is 6.54 Å². The Labute approximate surface area is 186 Å². The second-order valence-corrected chi connectivity index (χ2v) is 7.84. The molecule has 2 N–H and O–H groups in total. The molecule has 30 heavy (non-hydrogen) atoms. The van der Waals surface area contributed by atoms with E-state index in [0.29, 0.717) is 32.2 Å². The summed E-state index contributed by atoms with van der Waals surface area (Å²) in [5.74, 6) is -0.430. The summed E-state index contributed by atoms with van der Waals surface area (Å²) in [5, 5.41) is 23.5. The van der Waals surface area contributed by atoms with Crippen LogP contribution in [0.4, 0.5) is 0 Å². The zero-order valence-corrected chi connectivity index (χ0v) is 17.7. The summed E-state index contributed by atoms with van der Waals surface area (Å²) < 4.78 is 2.63. The lowest BCUT2D eigenvalue weighted by molar-refractivity contribution is -0.774. The molecule has 4 rings (SSSR count). The first-order valence-electron chi connectivity index (χ1n) is 8.89. The number of benzene rings is 3. The fraction of sp³-hybridized carbons (Fsp3) is 0.0455. The highest BCUT2D eigenvalue weighted by Gasteiger charge is 2.36. The second kappa shape index (κ2) is 8.11. The average molecular weight is 462 g/mol. The van der Waals surface area contributed by atoms with Gasteiger partial charge in [-0.25, -0.2) is 0 Å². The lowest BCUT2D eigenvalue weighted by atomic mass is 10.1. The van der Waals surface area contributed by atoms with E-state index in [4.69, 9.17) is 34.8 Å². The van der Waals surface area contributed by atoms with E-state index in [2.05, 4.69) is 0 Å². The van der Waals surface area contributed by atoms with Crippen LogP contribution in [0.1, 0.15) is 10.4 Å². The number of ketones is 1. The van der Waals surface area contributed by atoms with E-state index >= 15 is 0 Å². The number of hydrogen-bond acceptors (Lipinski definition) is 3. The number of rotatable bonds is 4. The first kappa shape index (κ1) is 20.4. The van der Waals surface area contributed by atoms with Gasteiger partial charge in [0.05, 0.1) is 10.0 Å². The average Bonchev–Trinajstić information content (AvgIpc) is 2.74. The number of halogens is 3. The van der Waals surface area contributed by atoms with Gasteiger partial charge in [0.25, 0.3) is 0 Å². The second-order valence-electron chi connectivity index (χ2n) is 6.59.